The van der Waals surface area contributed by atoms with Crippen molar-refractivity contribution in [1.82, 2.24) is 4.98 Å². The van der Waals surface area contributed by atoms with E-state index in [9.17, 15) is 4.79 Å². The van der Waals surface area contributed by atoms with Crippen LogP contribution in [0.4, 0.5) is 5.13 Å². The molecule has 5 heteroatoms. The summed E-state index contributed by atoms with van der Waals surface area (Å²) in [6, 6.07) is 0. The predicted molar refractivity (Wildman–Crippen MR) is 72.3 cm³/mol. The molecule has 0 bridgehead atoms. The lowest BCUT2D eigenvalue weighted by Gasteiger charge is -2.21. The summed E-state index contributed by atoms with van der Waals surface area (Å²) in [5.41, 5.74) is 6.13. The summed E-state index contributed by atoms with van der Waals surface area (Å²) in [6.07, 6.45) is 1.55. The van der Waals surface area contributed by atoms with Crippen LogP contribution in [0.25, 0.3) is 0 Å². The summed E-state index contributed by atoms with van der Waals surface area (Å²) in [4.78, 5) is 16.3. The van der Waals surface area contributed by atoms with E-state index in [1.807, 2.05) is 12.3 Å². The standard InChI is InChI=1S/C12H21N3OS/c1-5-6-12(4,13)10(16)15-11-14-9(7-17-11)8(2)3/h7-8H,5-6,13H2,1-4H3,(H,14,15,16). The van der Waals surface area contributed by atoms with Crippen LogP contribution in [-0.2, 0) is 4.79 Å². The van der Waals surface area contributed by atoms with Gasteiger partial charge in [0.2, 0.25) is 5.91 Å². The number of rotatable bonds is 5. The molecular formula is C12H21N3OS. The first kappa shape index (κ1) is 14.1. The normalized spacial score (nSPS) is 14.7. The van der Waals surface area contributed by atoms with E-state index in [1.165, 1.54) is 11.3 Å². The smallest absolute Gasteiger partial charge is 0.245 e. The zero-order valence-electron chi connectivity index (χ0n) is 10.9. The third kappa shape index (κ3) is 3.78. The zero-order chi connectivity index (χ0) is 13.1. The lowest BCUT2D eigenvalue weighted by molar-refractivity contribution is -0.120. The zero-order valence-corrected chi connectivity index (χ0v) is 11.7. The van der Waals surface area contributed by atoms with Crippen molar-refractivity contribution in [3.05, 3.63) is 11.1 Å². The third-order valence-corrected chi connectivity index (χ3v) is 3.40. The Balaban J connectivity index is 2.67. The molecule has 1 atom stereocenters. The van der Waals surface area contributed by atoms with Gasteiger partial charge < -0.3 is 11.1 Å². The largest absolute Gasteiger partial charge is 0.318 e. The highest BCUT2D eigenvalue weighted by Gasteiger charge is 2.27. The van der Waals surface area contributed by atoms with Crippen LogP contribution >= 0.6 is 11.3 Å². The molecule has 96 valence electrons. The molecule has 3 N–H and O–H groups in total. The molecule has 1 rings (SSSR count). The molecule has 0 fully saturated rings. The molecule has 0 spiro atoms. The Hall–Kier alpha value is -0.940. The van der Waals surface area contributed by atoms with Gasteiger partial charge in [0, 0.05) is 5.38 Å². The molecule has 1 aromatic rings. The fraction of sp³-hybridized carbons (Fsp3) is 0.667. The van der Waals surface area contributed by atoms with Crippen LogP contribution in [0.5, 0.6) is 0 Å². The van der Waals surface area contributed by atoms with Crippen LogP contribution < -0.4 is 11.1 Å². The molecular weight excluding hydrogens is 234 g/mol. The minimum absolute atomic E-state index is 0.163. The van der Waals surface area contributed by atoms with E-state index < -0.39 is 5.54 Å². The average molecular weight is 255 g/mol. The summed E-state index contributed by atoms with van der Waals surface area (Å²) in [5.74, 6) is 0.209. The Labute approximate surface area is 107 Å². The molecule has 1 aromatic heterocycles. The van der Waals surface area contributed by atoms with E-state index in [1.54, 1.807) is 6.92 Å². The quantitative estimate of drug-likeness (QED) is 0.850. The maximum absolute atomic E-state index is 11.9. The Morgan fingerprint density at radius 1 is 1.65 bits per heavy atom. The van der Waals surface area contributed by atoms with E-state index >= 15 is 0 Å². The Bertz CT molecular complexity index is 385. The number of hydrogen-bond acceptors (Lipinski definition) is 4. The number of carbonyl (C=O) groups excluding carboxylic acids is 1. The maximum Gasteiger partial charge on any atom is 0.245 e. The van der Waals surface area contributed by atoms with E-state index in [0.29, 0.717) is 17.5 Å². The summed E-state index contributed by atoms with van der Waals surface area (Å²) in [7, 11) is 0. The van der Waals surface area contributed by atoms with Crippen LogP contribution in [0.2, 0.25) is 0 Å². The number of nitrogens with two attached hydrogens (primary N) is 1. The molecule has 0 aromatic carbocycles. The van der Waals surface area contributed by atoms with Crippen molar-refractivity contribution in [3.8, 4) is 0 Å². The van der Waals surface area contributed by atoms with Gasteiger partial charge in [-0.3, -0.25) is 4.79 Å². The number of hydrogen-bond donors (Lipinski definition) is 2. The summed E-state index contributed by atoms with van der Waals surface area (Å²) >= 11 is 1.44. The van der Waals surface area contributed by atoms with Gasteiger partial charge in [0.25, 0.3) is 0 Å². The highest BCUT2D eigenvalue weighted by atomic mass is 32.1. The maximum atomic E-state index is 11.9. The lowest BCUT2D eigenvalue weighted by Crippen LogP contribution is -2.48. The van der Waals surface area contributed by atoms with Gasteiger partial charge in [-0.25, -0.2) is 4.98 Å². The highest BCUT2D eigenvalue weighted by molar-refractivity contribution is 7.13. The molecule has 1 unspecified atom stereocenters. The molecule has 0 aliphatic heterocycles. The molecule has 17 heavy (non-hydrogen) atoms. The number of nitrogens with zero attached hydrogens (tertiary/aromatic N) is 1. The molecule has 4 nitrogen and oxygen atoms in total. The van der Waals surface area contributed by atoms with Gasteiger partial charge in [0.1, 0.15) is 0 Å². The number of nitrogens with one attached hydrogen (secondary N) is 1. The molecule has 1 heterocycles. The monoisotopic (exact) mass is 255 g/mol. The van der Waals surface area contributed by atoms with Crippen LogP contribution in [0, 0.1) is 0 Å². The Morgan fingerprint density at radius 3 is 2.76 bits per heavy atom. The van der Waals surface area contributed by atoms with Gasteiger partial charge in [-0.1, -0.05) is 27.2 Å². The first-order chi connectivity index (χ1) is 7.86. The lowest BCUT2D eigenvalue weighted by atomic mass is 9.97. The number of carbonyl (C=O) groups is 1. The molecule has 1 amide bonds. The Kier molecular flexibility index (Phi) is 4.65. The second-order valence-electron chi connectivity index (χ2n) is 4.85. The van der Waals surface area contributed by atoms with E-state index in [-0.39, 0.29) is 5.91 Å². The molecule has 0 saturated heterocycles. The van der Waals surface area contributed by atoms with Crippen molar-refractivity contribution in [2.45, 2.75) is 52.0 Å². The number of aromatic nitrogens is 1. The SMILES string of the molecule is CCCC(C)(N)C(=O)Nc1nc(C(C)C)cs1. The number of thiazole rings is 1. The van der Waals surface area contributed by atoms with Crippen LogP contribution in [0.1, 0.15) is 52.1 Å². The van der Waals surface area contributed by atoms with Crippen LogP contribution in [0.15, 0.2) is 5.38 Å². The highest BCUT2D eigenvalue weighted by Crippen LogP contribution is 2.22. The summed E-state index contributed by atoms with van der Waals surface area (Å²) in [5, 5.41) is 5.38. The van der Waals surface area contributed by atoms with Gasteiger partial charge in [-0.05, 0) is 19.3 Å². The number of amides is 1. The van der Waals surface area contributed by atoms with E-state index in [4.69, 9.17) is 5.73 Å². The third-order valence-electron chi connectivity index (χ3n) is 2.62. The molecule has 0 aliphatic rings. The molecule has 0 aliphatic carbocycles. The van der Waals surface area contributed by atoms with Crippen molar-refractivity contribution >= 4 is 22.4 Å². The minimum Gasteiger partial charge on any atom is -0.318 e. The Morgan fingerprint density at radius 2 is 2.29 bits per heavy atom. The second kappa shape index (κ2) is 5.60. The van der Waals surface area contributed by atoms with Gasteiger partial charge in [0.15, 0.2) is 5.13 Å². The van der Waals surface area contributed by atoms with Crippen molar-refractivity contribution < 1.29 is 4.79 Å². The average Bonchev–Trinajstić information content (AvgIpc) is 2.66. The van der Waals surface area contributed by atoms with Crippen molar-refractivity contribution in [1.29, 1.82) is 0 Å². The first-order valence-electron chi connectivity index (χ1n) is 5.92. The molecule has 0 radical (unpaired) electrons. The van der Waals surface area contributed by atoms with Gasteiger partial charge in [0.05, 0.1) is 11.2 Å². The fourth-order valence-corrected chi connectivity index (χ4v) is 2.35. The summed E-state index contributed by atoms with van der Waals surface area (Å²) < 4.78 is 0. The number of anilines is 1. The second-order valence-corrected chi connectivity index (χ2v) is 5.71. The molecule has 0 saturated carbocycles. The van der Waals surface area contributed by atoms with Crippen molar-refractivity contribution in [2.75, 3.05) is 5.32 Å². The van der Waals surface area contributed by atoms with Crippen LogP contribution in [0.3, 0.4) is 0 Å². The first-order valence-corrected chi connectivity index (χ1v) is 6.80. The van der Waals surface area contributed by atoms with Crippen molar-refractivity contribution in [2.24, 2.45) is 5.73 Å². The topological polar surface area (TPSA) is 68.0 Å². The summed E-state index contributed by atoms with van der Waals surface area (Å²) in [6.45, 7) is 7.91. The predicted octanol–water partition coefficient (Wildman–Crippen LogP) is 2.72. The van der Waals surface area contributed by atoms with Crippen LogP contribution in [-0.4, -0.2) is 16.4 Å². The van der Waals surface area contributed by atoms with E-state index in [2.05, 4.69) is 24.1 Å². The minimum atomic E-state index is -0.821. The fourth-order valence-electron chi connectivity index (χ4n) is 1.48. The van der Waals surface area contributed by atoms with Crippen molar-refractivity contribution in [3.63, 3.8) is 0 Å². The van der Waals surface area contributed by atoms with Gasteiger partial charge in [-0.2, -0.15) is 0 Å². The van der Waals surface area contributed by atoms with Gasteiger partial charge in [-0.15, -0.1) is 11.3 Å². The van der Waals surface area contributed by atoms with Gasteiger partial charge >= 0.3 is 0 Å². The van der Waals surface area contributed by atoms with E-state index in [0.717, 1.165) is 12.1 Å².